The van der Waals surface area contributed by atoms with Crippen LogP contribution in [0, 0.1) is 0 Å². The molecule has 21 heavy (non-hydrogen) atoms. The number of carbonyl (C=O) groups is 1. The Bertz CT molecular complexity index is 713. The number of nitrogen functional groups attached to an aromatic ring is 1. The Labute approximate surface area is 122 Å². The molecule has 0 aliphatic carbocycles. The number of fused-ring (bicyclic) bond motifs is 1. The van der Waals surface area contributed by atoms with Crippen LogP contribution < -0.4 is 15.4 Å². The zero-order chi connectivity index (χ0) is 15.0. The Balaban J connectivity index is 1.96. The average molecular weight is 284 g/mol. The summed E-state index contributed by atoms with van der Waals surface area (Å²) in [7, 11) is 1.47. The molecule has 1 aliphatic heterocycles. The quantitative estimate of drug-likeness (QED) is 0.829. The van der Waals surface area contributed by atoms with Crippen LogP contribution in [0.2, 0.25) is 0 Å². The number of methoxy groups -OCH3 is 1. The van der Waals surface area contributed by atoms with Crippen molar-refractivity contribution in [1.29, 1.82) is 0 Å². The first-order valence-electron chi connectivity index (χ1n) is 6.68. The normalized spacial score (nSPS) is 13.1. The van der Waals surface area contributed by atoms with Crippen LogP contribution in [-0.2, 0) is 6.42 Å². The third-order valence-corrected chi connectivity index (χ3v) is 3.70. The minimum Gasteiger partial charge on any atom is -0.504 e. The van der Waals surface area contributed by atoms with Crippen molar-refractivity contribution in [2.45, 2.75) is 6.42 Å². The molecule has 3 rings (SSSR count). The van der Waals surface area contributed by atoms with Crippen molar-refractivity contribution in [3.63, 3.8) is 0 Å². The number of ether oxygens (including phenoxy) is 1. The smallest absolute Gasteiger partial charge is 0.258 e. The number of carbonyl (C=O) groups excluding carboxylic acids is 1. The zero-order valence-corrected chi connectivity index (χ0v) is 11.7. The molecule has 3 N–H and O–H groups in total. The number of para-hydroxylation sites is 1. The first-order valence-corrected chi connectivity index (χ1v) is 6.68. The Morgan fingerprint density at radius 2 is 2.14 bits per heavy atom. The zero-order valence-electron chi connectivity index (χ0n) is 11.7. The number of phenolic OH excluding ortho intramolecular Hbond substituents is 1. The number of benzene rings is 2. The number of rotatable bonds is 2. The van der Waals surface area contributed by atoms with Gasteiger partial charge in [0.1, 0.15) is 0 Å². The summed E-state index contributed by atoms with van der Waals surface area (Å²) >= 11 is 0. The number of anilines is 2. The summed E-state index contributed by atoms with van der Waals surface area (Å²) in [5, 5.41) is 9.81. The number of hydrogen-bond acceptors (Lipinski definition) is 4. The van der Waals surface area contributed by atoms with Gasteiger partial charge in [-0.2, -0.15) is 0 Å². The van der Waals surface area contributed by atoms with E-state index in [9.17, 15) is 9.90 Å². The molecule has 0 atom stereocenters. The van der Waals surface area contributed by atoms with Gasteiger partial charge in [0, 0.05) is 12.1 Å². The topological polar surface area (TPSA) is 75.8 Å². The first-order chi connectivity index (χ1) is 10.1. The average Bonchev–Trinajstić information content (AvgIpc) is 2.92. The molecular formula is C16H16N2O3. The van der Waals surface area contributed by atoms with Gasteiger partial charge >= 0.3 is 0 Å². The van der Waals surface area contributed by atoms with E-state index in [0.29, 0.717) is 23.5 Å². The van der Waals surface area contributed by atoms with Crippen LogP contribution in [-0.4, -0.2) is 24.7 Å². The molecule has 5 nitrogen and oxygen atoms in total. The predicted octanol–water partition coefficient (Wildman–Crippen LogP) is 2.19. The first kappa shape index (κ1) is 13.3. The molecule has 1 aliphatic rings. The van der Waals surface area contributed by atoms with Gasteiger partial charge in [0.25, 0.3) is 5.91 Å². The van der Waals surface area contributed by atoms with E-state index in [1.54, 1.807) is 23.1 Å². The molecule has 1 amide bonds. The van der Waals surface area contributed by atoms with Crippen LogP contribution in [0.1, 0.15) is 15.9 Å². The summed E-state index contributed by atoms with van der Waals surface area (Å²) in [6, 6.07) is 10.3. The molecule has 0 saturated heterocycles. The fraction of sp³-hybridized carbons (Fsp3) is 0.188. The highest BCUT2D eigenvalue weighted by molar-refractivity contribution is 6.09. The number of aromatic hydroxyl groups is 1. The van der Waals surface area contributed by atoms with Gasteiger partial charge in [-0.15, -0.1) is 0 Å². The Morgan fingerprint density at radius 1 is 1.33 bits per heavy atom. The number of phenols is 1. The lowest BCUT2D eigenvalue weighted by Gasteiger charge is -2.19. The molecule has 0 saturated carbocycles. The molecule has 1 heterocycles. The van der Waals surface area contributed by atoms with E-state index < -0.39 is 0 Å². The number of amides is 1. The van der Waals surface area contributed by atoms with E-state index >= 15 is 0 Å². The van der Waals surface area contributed by atoms with Gasteiger partial charge in [0.15, 0.2) is 11.5 Å². The molecule has 0 unspecified atom stereocenters. The van der Waals surface area contributed by atoms with Crippen molar-refractivity contribution in [1.82, 2.24) is 0 Å². The van der Waals surface area contributed by atoms with Crippen LogP contribution in [0.15, 0.2) is 36.4 Å². The standard InChI is InChI=1S/C16H16N2O3/c1-21-14-6-5-11(9-13(14)19)16(20)18-8-7-10-3-2-4-12(17)15(10)18/h2-6,9,19H,7-8,17H2,1H3. The van der Waals surface area contributed by atoms with Gasteiger partial charge in [-0.05, 0) is 36.2 Å². The molecule has 0 aromatic heterocycles. The van der Waals surface area contributed by atoms with Gasteiger partial charge in [-0.3, -0.25) is 4.79 Å². The van der Waals surface area contributed by atoms with Crippen molar-refractivity contribution < 1.29 is 14.6 Å². The summed E-state index contributed by atoms with van der Waals surface area (Å²) in [5.74, 6) is 0.112. The number of nitrogens with zero attached hydrogens (tertiary/aromatic N) is 1. The summed E-state index contributed by atoms with van der Waals surface area (Å²) in [5.41, 5.74) is 8.84. The van der Waals surface area contributed by atoms with Crippen molar-refractivity contribution in [2.75, 3.05) is 24.3 Å². The number of hydrogen-bond donors (Lipinski definition) is 2. The summed E-state index contributed by atoms with van der Waals surface area (Å²) < 4.78 is 4.99. The molecule has 2 aromatic rings. The fourth-order valence-electron chi connectivity index (χ4n) is 2.67. The maximum atomic E-state index is 12.6. The van der Waals surface area contributed by atoms with E-state index in [2.05, 4.69) is 0 Å². The van der Waals surface area contributed by atoms with Crippen LogP contribution in [0.3, 0.4) is 0 Å². The maximum absolute atomic E-state index is 12.6. The Kier molecular flexibility index (Phi) is 3.17. The van der Waals surface area contributed by atoms with Crippen LogP contribution in [0.5, 0.6) is 11.5 Å². The highest BCUT2D eigenvalue weighted by Gasteiger charge is 2.27. The highest BCUT2D eigenvalue weighted by atomic mass is 16.5. The van der Waals surface area contributed by atoms with E-state index in [-0.39, 0.29) is 11.7 Å². The van der Waals surface area contributed by atoms with Gasteiger partial charge in [0.05, 0.1) is 18.5 Å². The molecule has 0 bridgehead atoms. The lowest BCUT2D eigenvalue weighted by Crippen LogP contribution is -2.29. The number of nitrogens with two attached hydrogens (primary N) is 1. The Morgan fingerprint density at radius 3 is 2.86 bits per heavy atom. The van der Waals surface area contributed by atoms with Gasteiger partial charge in [0.2, 0.25) is 0 Å². The van der Waals surface area contributed by atoms with Crippen molar-refractivity contribution in [3.8, 4) is 11.5 Å². The van der Waals surface area contributed by atoms with Crippen molar-refractivity contribution in [2.24, 2.45) is 0 Å². The minimum absolute atomic E-state index is 0.0520. The predicted molar refractivity (Wildman–Crippen MR) is 80.9 cm³/mol. The highest BCUT2D eigenvalue weighted by Crippen LogP contribution is 2.35. The molecule has 0 spiro atoms. The van der Waals surface area contributed by atoms with E-state index in [0.717, 1.165) is 17.7 Å². The molecule has 5 heteroatoms. The van der Waals surface area contributed by atoms with Gasteiger partial charge in [-0.1, -0.05) is 12.1 Å². The maximum Gasteiger partial charge on any atom is 0.258 e. The third kappa shape index (κ3) is 2.16. The van der Waals surface area contributed by atoms with Crippen LogP contribution >= 0.6 is 0 Å². The third-order valence-electron chi connectivity index (χ3n) is 3.70. The molecular weight excluding hydrogens is 268 g/mol. The lowest BCUT2D eigenvalue weighted by molar-refractivity contribution is 0.0989. The van der Waals surface area contributed by atoms with E-state index in [1.807, 2.05) is 12.1 Å². The van der Waals surface area contributed by atoms with E-state index in [1.165, 1.54) is 13.2 Å². The SMILES string of the molecule is COc1ccc(C(=O)N2CCc3cccc(N)c32)cc1O. The summed E-state index contributed by atoms with van der Waals surface area (Å²) in [6.45, 7) is 0.592. The minimum atomic E-state index is -0.176. The molecule has 2 aromatic carbocycles. The van der Waals surface area contributed by atoms with Crippen LogP contribution in [0.25, 0.3) is 0 Å². The monoisotopic (exact) mass is 284 g/mol. The lowest BCUT2D eigenvalue weighted by atomic mass is 10.1. The summed E-state index contributed by atoms with van der Waals surface area (Å²) in [6.07, 6.45) is 0.786. The molecule has 0 fully saturated rings. The second-order valence-corrected chi connectivity index (χ2v) is 4.95. The largest absolute Gasteiger partial charge is 0.504 e. The van der Waals surface area contributed by atoms with Crippen molar-refractivity contribution >= 4 is 17.3 Å². The van der Waals surface area contributed by atoms with Gasteiger partial charge < -0.3 is 20.5 Å². The fourth-order valence-corrected chi connectivity index (χ4v) is 2.67. The summed E-state index contributed by atoms with van der Waals surface area (Å²) in [4.78, 5) is 14.3. The van der Waals surface area contributed by atoms with Gasteiger partial charge in [-0.25, -0.2) is 0 Å². The molecule has 108 valence electrons. The molecule has 0 radical (unpaired) electrons. The van der Waals surface area contributed by atoms with Crippen molar-refractivity contribution in [3.05, 3.63) is 47.5 Å². The Hall–Kier alpha value is -2.69. The van der Waals surface area contributed by atoms with Crippen LogP contribution in [0.4, 0.5) is 11.4 Å². The van der Waals surface area contributed by atoms with E-state index in [4.69, 9.17) is 10.5 Å². The second kappa shape index (κ2) is 5.01. The second-order valence-electron chi connectivity index (χ2n) is 4.95.